The maximum absolute atomic E-state index is 12.2. The minimum absolute atomic E-state index is 0.439. The van der Waals surface area contributed by atoms with Gasteiger partial charge in [-0.3, -0.25) is 9.78 Å². The summed E-state index contributed by atoms with van der Waals surface area (Å²) in [6.45, 7) is 1.24. The number of benzene rings is 2. The fourth-order valence-electron chi connectivity index (χ4n) is 3.84. The van der Waals surface area contributed by atoms with E-state index in [1.807, 2.05) is 66.7 Å². The van der Waals surface area contributed by atoms with Gasteiger partial charge in [0.25, 0.3) is 0 Å². The van der Waals surface area contributed by atoms with Gasteiger partial charge in [-0.25, -0.2) is 4.98 Å². The van der Waals surface area contributed by atoms with Crippen LogP contribution in [0.3, 0.4) is 0 Å². The van der Waals surface area contributed by atoms with Crippen LogP contribution in [0.2, 0.25) is 0 Å². The van der Waals surface area contributed by atoms with Gasteiger partial charge in [0, 0.05) is 13.1 Å². The molecular weight excluding hydrogens is 350 g/mol. The van der Waals surface area contributed by atoms with E-state index in [0.29, 0.717) is 19.4 Å². The van der Waals surface area contributed by atoms with Gasteiger partial charge in [-0.1, -0.05) is 54.6 Å². The molecule has 5 nitrogen and oxygen atoms in total. The van der Waals surface area contributed by atoms with Crippen LogP contribution in [0.15, 0.2) is 66.9 Å². The number of hydrogen-bond donors (Lipinski definition) is 1. The monoisotopic (exact) mass is 373 g/mol. The van der Waals surface area contributed by atoms with Crippen molar-refractivity contribution in [1.29, 1.82) is 0 Å². The van der Waals surface area contributed by atoms with E-state index in [9.17, 15) is 9.90 Å². The molecule has 0 aliphatic carbocycles. The number of carboxylic acid groups (broad SMARTS) is 1. The van der Waals surface area contributed by atoms with E-state index in [0.717, 1.165) is 35.4 Å². The van der Waals surface area contributed by atoms with Gasteiger partial charge in [0.2, 0.25) is 0 Å². The van der Waals surface area contributed by atoms with Gasteiger partial charge >= 0.3 is 5.97 Å². The average molecular weight is 373 g/mol. The van der Waals surface area contributed by atoms with Gasteiger partial charge in [-0.2, -0.15) is 0 Å². The number of anilines is 1. The quantitative estimate of drug-likeness (QED) is 0.718. The lowest BCUT2D eigenvalue weighted by molar-refractivity contribution is -0.149. The summed E-state index contributed by atoms with van der Waals surface area (Å²) in [5.74, 6) is -0.000256. The molecule has 0 amide bonds. The third kappa shape index (κ3) is 3.74. The first-order chi connectivity index (χ1) is 13.7. The lowest BCUT2D eigenvalue weighted by Crippen LogP contribution is -2.48. The molecule has 0 saturated carbocycles. The summed E-state index contributed by atoms with van der Waals surface area (Å²) in [4.78, 5) is 23.5. The lowest BCUT2D eigenvalue weighted by atomic mass is 9.77. The molecule has 0 bridgehead atoms. The van der Waals surface area contributed by atoms with Gasteiger partial charge in [0.1, 0.15) is 5.82 Å². The van der Waals surface area contributed by atoms with Gasteiger partial charge in [0.15, 0.2) is 0 Å². The molecule has 3 aromatic rings. The van der Waals surface area contributed by atoms with Gasteiger partial charge in [-0.15, -0.1) is 0 Å². The third-order valence-corrected chi connectivity index (χ3v) is 5.41. The van der Waals surface area contributed by atoms with E-state index in [2.05, 4.69) is 9.88 Å². The molecule has 1 aromatic heterocycles. The van der Waals surface area contributed by atoms with E-state index < -0.39 is 11.4 Å². The second-order valence-electron chi connectivity index (χ2n) is 7.34. The SMILES string of the molecule is O=C(O)C1(CC=Cc2ccccc2)CCCN(c2cnc3ccccc3n2)C1. The predicted octanol–water partition coefficient (Wildman–Crippen LogP) is 4.40. The highest BCUT2D eigenvalue weighted by Crippen LogP contribution is 2.36. The average Bonchev–Trinajstić information content (AvgIpc) is 2.74. The molecule has 1 saturated heterocycles. The Kier molecular flexibility index (Phi) is 5.06. The standard InChI is InChI=1S/C23H23N3O2/c27-22(28)23(13-6-10-18-8-2-1-3-9-18)14-7-15-26(17-23)21-16-24-19-11-4-5-12-20(19)25-21/h1-6,8-12,16H,7,13-15,17H2,(H,27,28). The Morgan fingerprint density at radius 1 is 1.11 bits per heavy atom. The Morgan fingerprint density at radius 3 is 2.64 bits per heavy atom. The van der Waals surface area contributed by atoms with Crippen molar-refractivity contribution in [3.63, 3.8) is 0 Å². The molecule has 0 radical (unpaired) electrons. The molecule has 2 aromatic carbocycles. The van der Waals surface area contributed by atoms with Crippen molar-refractivity contribution in [2.75, 3.05) is 18.0 Å². The summed E-state index contributed by atoms with van der Waals surface area (Å²) in [6.07, 6.45) is 7.71. The maximum atomic E-state index is 12.2. The van der Waals surface area contributed by atoms with E-state index >= 15 is 0 Å². The van der Waals surface area contributed by atoms with E-state index in [1.54, 1.807) is 6.20 Å². The number of hydrogen-bond acceptors (Lipinski definition) is 4. The summed E-state index contributed by atoms with van der Waals surface area (Å²) >= 11 is 0. The zero-order chi connectivity index (χ0) is 19.4. The topological polar surface area (TPSA) is 66.3 Å². The molecule has 0 spiro atoms. The smallest absolute Gasteiger partial charge is 0.311 e. The first kappa shape index (κ1) is 18.2. The van der Waals surface area contributed by atoms with Crippen LogP contribution in [0, 0.1) is 5.41 Å². The highest BCUT2D eigenvalue weighted by atomic mass is 16.4. The summed E-state index contributed by atoms with van der Waals surface area (Å²) in [7, 11) is 0. The maximum Gasteiger partial charge on any atom is 0.311 e. The van der Waals surface area contributed by atoms with Gasteiger partial charge < -0.3 is 10.0 Å². The van der Waals surface area contributed by atoms with Gasteiger partial charge in [0.05, 0.1) is 22.6 Å². The number of allylic oxidation sites excluding steroid dienone is 1. The van der Waals surface area contributed by atoms with Crippen LogP contribution in [0.25, 0.3) is 17.1 Å². The Morgan fingerprint density at radius 2 is 1.86 bits per heavy atom. The van der Waals surface area contributed by atoms with Crippen LogP contribution in [-0.2, 0) is 4.79 Å². The zero-order valence-corrected chi connectivity index (χ0v) is 15.7. The molecule has 1 aliphatic rings. The molecule has 4 rings (SSSR count). The minimum Gasteiger partial charge on any atom is -0.481 e. The molecule has 1 unspecified atom stereocenters. The Bertz CT molecular complexity index is 1000. The molecule has 1 atom stereocenters. The number of aromatic nitrogens is 2. The number of rotatable bonds is 5. The zero-order valence-electron chi connectivity index (χ0n) is 15.7. The van der Waals surface area contributed by atoms with Crippen LogP contribution >= 0.6 is 0 Å². The van der Waals surface area contributed by atoms with Crippen molar-refractivity contribution >= 4 is 28.9 Å². The van der Waals surface area contributed by atoms with E-state index in [-0.39, 0.29) is 0 Å². The fourth-order valence-corrected chi connectivity index (χ4v) is 3.84. The normalized spacial score (nSPS) is 19.9. The third-order valence-electron chi connectivity index (χ3n) is 5.41. The van der Waals surface area contributed by atoms with E-state index in [1.165, 1.54) is 0 Å². The molecule has 1 N–H and O–H groups in total. The second-order valence-corrected chi connectivity index (χ2v) is 7.34. The summed E-state index contributed by atoms with van der Waals surface area (Å²) in [6, 6.07) is 17.7. The molecule has 1 fully saturated rings. The minimum atomic E-state index is -0.809. The summed E-state index contributed by atoms with van der Waals surface area (Å²) in [5, 5.41) is 10.0. The van der Waals surface area contributed by atoms with Crippen molar-refractivity contribution in [2.45, 2.75) is 19.3 Å². The van der Waals surface area contributed by atoms with Crippen LogP contribution in [0.5, 0.6) is 0 Å². The molecular formula is C23H23N3O2. The van der Waals surface area contributed by atoms with Crippen LogP contribution in [0.4, 0.5) is 5.82 Å². The molecule has 2 heterocycles. The number of fused-ring (bicyclic) bond motifs is 1. The highest BCUT2D eigenvalue weighted by molar-refractivity contribution is 5.78. The number of piperidine rings is 1. The number of para-hydroxylation sites is 2. The van der Waals surface area contributed by atoms with Crippen LogP contribution in [-0.4, -0.2) is 34.1 Å². The Hall–Kier alpha value is -3.21. The van der Waals surface area contributed by atoms with Crippen molar-refractivity contribution in [3.8, 4) is 0 Å². The van der Waals surface area contributed by atoms with Gasteiger partial charge in [-0.05, 0) is 37.0 Å². The molecule has 142 valence electrons. The number of carboxylic acids is 1. The molecule has 28 heavy (non-hydrogen) atoms. The largest absolute Gasteiger partial charge is 0.481 e. The molecule has 5 heteroatoms. The second kappa shape index (κ2) is 7.80. The predicted molar refractivity (Wildman–Crippen MR) is 111 cm³/mol. The number of carbonyl (C=O) groups is 1. The summed E-state index contributed by atoms with van der Waals surface area (Å²) < 4.78 is 0. The van der Waals surface area contributed by atoms with Crippen molar-refractivity contribution in [2.24, 2.45) is 5.41 Å². The first-order valence-corrected chi connectivity index (χ1v) is 9.58. The van der Waals surface area contributed by atoms with Crippen molar-refractivity contribution in [3.05, 3.63) is 72.4 Å². The first-order valence-electron chi connectivity index (χ1n) is 9.58. The van der Waals surface area contributed by atoms with E-state index in [4.69, 9.17) is 4.98 Å². The Labute approximate surface area is 164 Å². The van der Waals surface area contributed by atoms with Crippen LogP contribution in [0.1, 0.15) is 24.8 Å². The number of nitrogens with zero attached hydrogens (tertiary/aromatic N) is 3. The molecule has 1 aliphatic heterocycles. The van der Waals surface area contributed by atoms with Crippen molar-refractivity contribution < 1.29 is 9.90 Å². The Balaban J connectivity index is 1.56. The lowest BCUT2D eigenvalue weighted by Gasteiger charge is -2.40. The van der Waals surface area contributed by atoms with Crippen LogP contribution < -0.4 is 4.90 Å². The number of aliphatic carboxylic acids is 1. The highest BCUT2D eigenvalue weighted by Gasteiger charge is 2.42. The van der Waals surface area contributed by atoms with Crippen molar-refractivity contribution in [1.82, 2.24) is 9.97 Å². The fraction of sp³-hybridized carbons (Fsp3) is 0.261. The summed E-state index contributed by atoms with van der Waals surface area (Å²) in [5.41, 5.74) is 1.95.